The second kappa shape index (κ2) is 5.48. The van der Waals surface area contributed by atoms with Crippen LogP contribution >= 0.6 is 0 Å². The molecule has 2 N–H and O–H groups in total. The van der Waals surface area contributed by atoms with Crippen LogP contribution in [0.5, 0.6) is 0 Å². The van der Waals surface area contributed by atoms with Gasteiger partial charge < -0.3 is 15.3 Å². The first-order valence-electron chi connectivity index (χ1n) is 6.77. The van der Waals surface area contributed by atoms with Gasteiger partial charge in [-0.15, -0.1) is 0 Å². The molecular formula is C13H26N2O. The number of likely N-dealkylation sites (tertiary alicyclic amines) is 1. The van der Waals surface area contributed by atoms with Gasteiger partial charge in [-0.25, -0.2) is 0 Å². The molecule has 2 aliphatic rings. The highest BCUT2D eigenvalue weighted by molar-refractivity contribution is 4.83. The molecule has 2 fully saturated rings. The Kier molecular flexibility index (Phi) is 4.22. The number of piperidine rings is 1. The fourth-order valence-electron chi connectivity index (χ4n) is 2.89. The molecule has 1 heterocycles. The van der Waals surface area contributed by atoms with Crippen LogP contribution in [0, 0.1) is 11.8 Å². The zero-order chi connectivity index (χ0) is 11.5. The third-order valence-corrected chi connectivity index (χ3v) is 3.63. The topological polar surface area (TPSA) is 35.5 Å². The minimum absolute atomic E-state index is 0.196. The van der Waals surface area contributed by atoms with Crippen molar-refractivity contribution in [2.45, 2.75) is 45.3 Å². The number of aliphatic hydroxyl groups excluding tert-OH is 1. The Bertz CT molecular complexity index is 208. The Morgan fingerprint density at radius 3 is 2.44 bits per heavy atom. The van der Waals surface area contributed by atoms with Crippen LogP contribution in [0.3, 0.4) is 0 Å². The number of nitrogens with one attached hydrogen (secondary N) is 1. The van der Waals surface area contributed by atoms with Gasteiger partial charge in [-0.2, -0.15) is 0 Å². The van der Waals surface area contributed by atoms with Crippen LogP contribution in [0.1, 0.15) is 33.1 Å². The Morgan fingerprint density at radius 1 is 1.25 bits per heavy atom. The molecule has 0 bridgehead atoms. The third kappa shape index (κ3) is 4.04. The molecule has 3 atom stereocenters. The summed E-state index contributed by atoms with van der Waals surface area (Å²) < 4.78 is 0. The first-order chi connectivity index (χ1) is 7.63. The van der Waals surface area contributed by atoms with E-state index >= 15 is 0 Å². The lowest BCUT2D eigenvalue weighted by Crippen LogP contribution is -2.45. The first kappa shape index (κ1) is 12.3. The second-order valence-electron chi connectivity index (χ2n) is 6.00. The summed E-state index contributed by atoms with van der Waals surface area (Å²) in [5.41, 5.74) is 0. The lowest BCUT2D eigenvalue weighted by molar-refractivity contribution is 0.0698. The molecule has 0 radical (unpaired) electrons. The van der Waals surface area contributed by atoms with E-state index in [4.69, 9.17) is 0 Å². The molecule has 94 valence electrons. The van der Waals surface area contributed by atoms with E-state index in [9.17, 15) is 5.11 Å². The van der Waals surface area contributed by atoms with Gasteiger partial charge in [-0.3, -0.25) is 0 Å². The molecule has 2 rings (SSSR count). The second-order valence-corrected chi connectivity index (χ2v) is 6.00. The molecule has 3 heteroatoms. The lowest BCUT2D eigenvalue weighted by atomic mass is 9.92. The zero-order valence-electron chi connectivity index (χ0n) is 10.7. The molecule has 0 aromatic rings. The van der Waals surface area contributed by atoms with E-state index in [-0.39, 0.29) is 6.10 Å². The fraction of sp³-hybridized carbons (Fsp3) is 1.00. The summed E-state index contributed by atoms with van der Waals surface area (Å²) in [5.74, 6) is 1.57. The molecule has 0 aromatic heterocycles. The summed E-state index contributed by atoms with van der Waals surface area (Å²) in [7, 11) is 0. The molecule has 1 aliphatic heterocycles. The van der Waals surface area contributed by atoms with E-state index in [1.165, 1.54) is 19.3 Å². The highest BCUT2D eigenvalue weighted by atomic mass is 16.3. The van der Waals surface area contributed by atoms with Crippen molar-refractivity contribution in [2.75, 3.05) is 26.2 Å². The quantitative estimate of drug-likeness (QED) is 0.736. The fourth-order valence-corrected chi connectivity index (χ4v) is 2.89. The molecule has 1 saturated heterocycles. The first-order valence-corrected chi connectivity index (χ1v) is 6.77. The van der Waals surface area contributed by atoms with Gasteiger partial charge in [0.15, 0.2) is 0 Å². The van der Waals surface area contributed by atoms with Crippen molar-refractivity contribution in [1.29, 1.82) is 0 Å². The Labute approximate surface area is 99.2 Å². The molecule has 3 nitrogen and oxygen atoms in total. The molecular weight excluding hydrogens is 200 g/mol. The third-order valence-electron chi connectivity index (χ3n) is 3.63. The highest BCUT2D eigenvalue weighted by Gasteiger charge is 2.25. The maximum atomic E-state index is 9.95. The van der Waals surface area contributed by atoms with E-state index in [1.54, 1.807) is 0 Å². The number of β-amino-alcohol motifs (C(OH)–C–C–N with tert-alkyl or cyclic N) is 1. The zero-order valence-corrected chi connectivity index (χ0v) is 10.7. The number of rotatable bonds is 5. The van der Waals surface area contributed by atoms with Gasteiger partial charge in [0.2, 0.25) is 0 Å². The largest absolute Gasteiger partial charge is 0.390 e. The van der Waals surface area contributed by atoms with Gasteiger partial charge in [0.1, 0.15) is 0 Å². The number of nitrogens with zero attached hydrogens (tertiary/aromatic N) is 1. The smallest absolute Gasteiger partial charge is 0.0791 e. The SMILES string of the molecule is C[C@H]1C[C@H](C)CN(C[C@H](O)CNC2CC2)C1. The number of hydrogen-bond donors (Lipinski definition) is 2. The van der Waals surface area contributed by atoms with Gasteiger partial charge in [-0.05, 0) is 31.1 Å². The normalized spacial score (nSPS) is 33.9. The standard InChI is InChI=1S/C13H26N2O/c1-10-5-11(2)8-15(7-10)9-13(16)6-14-12-3-4-12/h10-14,16H,3-9H2,1-2H3/t10-,11-,13+/m0/s1. The van der Waals surface area contributed by atoms with Gasteiger partial charge in [0.25, 0.3) is 0 Å². The molecule has 0 unspecified atom stereocenters. The van der Waals surface area contributed by atoms with E-state index in [0.29, 0.717) is 6.04 Å². The number of hydrogen-bond acceptors (Lipinski definition) is 3. The summed E-state index contributed by atoms with van der Waals surface area (Å²) in [4.78, 5) is 2.43. The minimum Gasteiger partial charge on any atom is -0.390 e. The number of aliphatic hydroxyl groups is 1. The van der Waals surface area contributed by atoms with Crippen LogP contribution in [0.25, 0.3) is 0 Å². The van der Waals surface area contributed by atoms with E-state index < -0.39 is 0 Å². The van der Waals surface area contributed by atoms with Crippen molar-refractivity contribution < 1.29 is 5.11 Å². The van der Waals surface area contributed by atoms with Crippen LogP contribution in [-0.4, -0.2) is 48.3 Å². The van der Waals surface area contributed by atoms with Gasteiger partial charge in [-0.1, -0.05) is 13.8 Å². The predicted octanol–water partition coefficient (Wildman–Crippen LogP) is 1.08. The molecule has 0 amide bonds. The van der Waals surface area contributed by atoms with Crippen LogP contribution in [0.15, 0.2) is 0 Å². The van der Waals surface area contributed by atoms with Crippen molar-refractivity contribution >= 4 is 0 Å². The lowest BCUT2D eigenvalue weighted by Gasteiger charge is -2.36. The highest BCUT2D eigenvalue weighted by Crippen LogP contribution is 2.21. The van der Waals surface area contributed by atoms with Gasteiger partial charge in [0, 0.05) is 32.2 Å². The summed E-state index contributed by atoms with van der Waals surface area (Å²) in [6.07, 6.45) is 3.74. The van der Waals surface area contributed by atoms with Crippen molar-refractivity contribution in [2.24, 2.45) is 11.8 Å². The molecule has 1 aliphatic carbocycles. The minimum atomic E-state index is -0.196. The maximum absolute atomic E-state index is 9.95. The Hall–Kier alpha value is -0.120. The van der Waals surface area contributed by atoms with E-state index in [0.717, 1.165) is 38.0 Å². The molecule has 1 saturated carbocycles. The average Bonchev–Trinajstić information content (AvgIpc) is 2.96. The molecule has 0 aromatic carbocycles. The van der Waals surface area contributed by atoms with Crippen molar-refractivity contribution in [3.05, 3.63) is 0 Å². The predicted molar refractivity (Wildman–Crippen MR) is 66.4 cm³/mol. The average molecular weight is 226 g/mol. The van der Waals surface area contributed by atoms with Crippen LogP contribution in [-0.2, 0) is 0 Å². The molecule has 0 spiro atoms. The summed E-state index contributed by atoms with van der Waals surface area (Å²) >= 11 is 0. The van der Waals surface area contributed by atoms with Gasteiger partial charge >= 0.3 is 0 Å². The molecule has 16 heavy (non-hydrogen) atoms. The maximum Gasteiger partial charge on any atom is 0.0791 e. The van der Waals surface area contributed by atoms with Crippen LogP contribution in [0.2, 0.25) is 0 Å². The van der Waals surface area contributed by atoms with Gasteiger partial charge in [0.05, 0.1) is 6.10 Å². The monoisotopic (exact) mass is 226 g/mol. The summed E-state index contributed by atoms with van der Waals surface area (Å²) in [6.45, 7) is 8.56. The van der Waals surface area contributed by atoms with E-state index in [1.807, 2.05) is 0 Å². The van der Waals surface area contributed by atoms with Crippen molar-refractivity contribution in [3.63, 3.8) is 0 Å². The van der Waals surface area contributed by atoms with Crippen LogP contribution < -0.4 is 5.32 Å². The summed E-state index contributed by atoms with van der Waals surface area (Å²) in [6, 6.07) is 0.703. The Balaban J connectivity index is 1.66. The van der Waals surface area contributed by atoms with Crippen molar-refractivity contribution in [1.82, 2.24) is 10.2 Å². The summed E-state index contributed by atoms with van der Waals surface area (Å²) in [5, 5.41) is 13.3. The Morgan fingerprint density at radius 2 is 1.88 bits per heavy atom. The van der Waals surface area contributed by atoms with Crippen molar-refractivity contribution in [3.8, 4) is 0 Å². The van der Waals surface area contributed by atoms with Crippen LogP contribution in [0.4, 0.5) is 0 Å². The van der Waals surface area contributed by atoms with E-state index in [2.05, 4.69) is 24.1 Å².